The summed E-state index contributed by atoms with van der Waals surface area (Å²) in [4.78, 5) is 12.1. The van der Waals surface area contributed by atoms with Crippen molar-refractivity contribution in [2.75, 3.05) is 19.8 Å². The molecule has 0 aromatic carbocycles. The SMILES string of the molecule is CCCCCCCCCCC(=O)CCCCOC1OC(CO)[C@H](OC2OC(CO)[C@H](O)C(O)[C@H]2O)C(O)[C@H]1O. The maximum atomic E-state index is 12.1. The van der Waals surface area contributed by atoms with E-state index in [1.807, 2.05) is 0 Å². The number of hydrogen-bond donors (Lipinski definition) is 7. The maximum Gasteiger partial charge on any atom is 0.187 e. The van der Waals surface area contributed by atoms with Gasteiger partial charge in [-0.3, -0.25) is 4.79 Å². The molecule has 2 rings (SSSR count). The molecule has 0 amide bonds. The summed E-state index contributed by atoms with van der Waals surface area (Å²) < 4.78 is 21.9. The number of carbonyl (C=O) groups is 1. The van der Waals surface area contributed by atoms with Crippen molar-refractivity contribution < 1.29 is 59.5 Å². The summed E-state index contributed by atoms with van der Waals surface area (Å²) in [6.45, 7) is 1.07. The quantitative estimate of drug-likeness (QED) is 0.103. The monoisotopic (exact) mass is 566 g/mol. The number of ether oxygens (including phenoxy) is 4. The fraction of sp³-hybridized carbons (Fsp3) is 0.963. The molecule has 2 fully saturated rings. The molecule has 2 aliphatic heterocycles. The highest BCUT2D eigenvalue weighted by Gasteiger charge is 2.50. The van der Waals surface area contributed by atoms with E-state index in [4.69, 9.17) is 18.9 Å². The van der Waals surface area contributed by atoms with Gasteiger partial charge in [0.2, 0.25) is 0 Å². The van der Waals surface area contributed by atoms with Crippen LogP contribution in [0.5, 0.6) is 0 Å². The molecule has 12 heteroatoms. The van der Waals surface area contributed by atoms with Gasteiger partial charge in [-0.05, 0) is 19.3 Å². The van der Waals surface area contributed by atoms with Crippen LogP contribution in [0.15, 0.2) is 0 Å². The summed E-state index contributed by atoms with van der Waals surface area (Å²) >= 11 is 0. The van der Waals surface area contributed by atoms with E-state index in [1.165, 1.54) is 38.5 Å². The molecule has 0 aromatic rings. The number of carbonyl (C=O) groups excluding carboxylic acids is 1. The second-order valence-corrected chi connectivity index (χ2v) is 10.6. The lowest BCUT2D eigenvalue weighted by atomic mass is 9.97. The molecular weight excluding hydrogens is 516 g/mol. The zero-order chi connectivity index (χ0) is 28.8. The molecule has 230 valence electrons. The van der Waals surface area contributed by atoms with Gasteiger partial charge in [-0.2, -0.15) is 0 Å². The molecule has 39 heavy (non-hydrogen) atoms. The molecule has 2 heterocycles. The largest absolute Gasteiger partial charge is 0.394 e. The Morgan fingerprint density at radius 2 is 1.18 bits per heavy atom. The first-order valence-electron chi connectivity index (χ1n) is 14.5. The molecule has 10 atom stereocenters. The Morgan fingerprint density at radius 3 is 1.79 bits per heavy atom. The molecule has 2 aliphatic rings. The third-order valence-electron chi connectivity index (χ3n) is 7.40. The molecule has 0 aliphatic carbocycles. The molecule has 6 unspecified atom stereocenters. The molecule has 2 saturated heterocycles. The summed E-state index contributed by atoms with van der Waals surface area (Å²) in [6.07, 6.45) is -3.12. The zero-order valence-electron chi connectivity index (χ0n) is 23.1. The average molecular weight is 567 g/mol. The fourth-order valence-electron chi connectivity index (χ4n) is 4.90. The molecule has 0 saturated carbocycles. The highest BCUT2D eigenvalue weighted by molar-refractivity contribution is 5.78. The Bertz CT molecular complexity index is 663. The van der Waals surface area contributed by atoms with Crippen LogP contribution in [0.3, 0.4) is 0 Å². The van der Waals surface area contributed by atoms with Gasteiger partial charge in [-0.15, -0.1) is 0 Å². The van der Waals surface area contributed by atoms with E-state index < -0.39 is 74.6 Å². The topological polar surface area (TPSA) is 196 Å². The fourth-order valence-corrected chi connectivity index (χ4v) is 4.90. The molecule has 0 bridgehead atoms. The predicted molar refractivity (Wildman–Crippen MR) is 138 cm³/mol. The van der Waals surface area contributed by atoms with Gasteiger partial charge in [0.05, 0.1) is 13.2 Å². The Labute approximate surface area is 230 Å². The third-order valence-corrected chi connectivity index (χ3v) is 7.40. The Morgan fingerprint density at radius 1 is 0.641 bits per heavy atom. The Hall–Kier alpha value is -0.770. The lowest BCUT2D eigenvalue weighted by molar-refractivity contribution is -0.359. The Balaban J connectivity index is 1.68. The van der Waals surface area contributed by atoms with Crippen LogP contribution >= 0.6 is 0 Å². The summed E-state index contributed by atoms with van der Waals surface area (Å²) in [7, 11) is 0. The van der Waals surface area contributed by atoms with E-state index in [0.717, 1.165) is 12.8 Å². The van der Waals surface area contributed by atoms with Gasteiger partial charge in [-0.25, -0.2) is 0 Å². The van der Waals surface area contributed by atoms with Crippen molar-refractivity contribution >= 4 is 5.78 Å². The number of unbranched alkanes of at least 4 members (excludes halogenated alkanes) is 8. The van der Waals surface area contributed by atoms with E-state index in [1.54, 1.807) is 0 Å². The van der Waals surface area contributed by atoms with Gasteiger partial charge in [0.1, 0.15) is 54.6 Å². The maximum absolute atomic E-state index is 12.1. The van der Waals surface area contributed by atoms with Crippen LogP contribution < -0.4 is 0 Å². The van der Waals surface area contributed by atoms with Gasteiger partial charge in [0.25, 0.3) is 0 Å². The second kappa shape index (κ2) is 18.6. The van der Waals surface area contributed by atoms with E-state index in [0.29, 0.717) is 25.7 Å². The summed E-state index contributed by atoms with van der Waals surface area (Å²) in [5, 5.41) is 70.3. The highest BCUT2D eigenvalue weighted by Crippen LogP contribution is 2.29. The average Bonchev–Trinajstić information content (AvgIpc) is 2.93. The smallest absolute Gasteiger partial charge is 0.187 e. The summed E-state index contributed by atoms with van der Waals surface area (Å²) in [5.74, 6) is 0.221. The minimum Gasteiger partial charge on any atom is -0.394 e. The molecule has 12 nitrogen and oxygen atoms in total. The van der Waals surface area contributed by atoms with Crippen molar-refractivity contribution in [2.24, 2.45) is 0 Å². The molecule has 0 spiro atoms. The number of rotatable bonds is 19. The first kappa shape index (κ1) is 34.4. The van der Waals surface area contributed by atoms with Gasteiger partial charge in [0, 0.05) is 19.4 Å². The van der Waals surface area contributed by atoms with Crippen LogP contribution in [0.2, 0.25) is 0 Å². The standard InChI is InChI=1S/C27H50O12/c1-2-3-4-5-6-7-8-9-12-17(30)13-10-11-14-36-26-24(35)22(33)25(19(16-29)38-26)39-27-23(34)21(32)20(31)18(15-28)37-27/h18-29,31-35H,2-16H2,1H3/t18?,19?,20-,21?,22?,23+,24+,25-,26?,27?/m0/s1. The van der Waals surface area contributed by atoms with Crippen molar-refractivity contribution in [1.29, 1.82) is 0 Å². The van der Waals surface area contributed by atoms with Crippen LogP contribution in [0.4, 0.5) is 0 Å². The summed E-state index contributed by atoms with van der Waals surface area (Å²) in [6, 6.07) is 0. The number of hydrogen-bond acceptors (Lipinski definition) is 12. The molecule has 0 aromatic heterocycles. The highest BCUT2D eigenvalue weighted by atomic mass is 16.7. The zero-order valence-corrected chi connectivity index (χ0v) is 23.1. The first-order chi connectivity index (χ1) is 18.7. The number of aliphatic hydroxyl groups is 7. The van der Waals surface area contributed by atoms with Crippen molar-refractivity contribution in [3.63, 3.8) is 0 Å². The summed E-state index contributed by atoms with van der Waals surface area (Å²) in [5.41, 5.74) is 0. The van der Waals surface area contributed by atoms with E-state index >= 15 is 0 Å². The van der Waals surface area contributed by atoms with E-state index in [2.05, 4.69) is 6.92 Å². The molecule has 7 N–H and O–H groups in total. The van der Waals surface area contributed by atoms with Gasteiger partial charge < -0.3 is 54.7 Å². The van der Waals surface area contributed by atoms with E-state index in [-0.39, 0.29) is 12.4 Å². The van der Waals surface area contributed by atoms with Crippen molar-refractivity contribution in [3.8, 4) is 0 Å². The predicted octanol–water partition coefficient (Wildman–Crippen LogP) is -0.103. The minimum atomic E-state index is -1.72. The minimum absolute atomic E-state index is 0.163. The van der Waals surface area contributed by atoms with E-state index in [9.17, 15) is 40.5 Å². The van der Waals surface area contributed by atoms with Crippen molar-refractivity contribution in [3.05, 3.63) is 0 Å². The van der Waals surface area contributed by atoms with Crippen molar-refractivity contribution in [2.45, 2.75) is 145 Å². The van der Waals surface area contributed by atoms with Gasteiger partial charge in [0.15, 0.2) is 12.6 Å². The molecule has 0 radical (unpaired) electrons. The Kier molecular flexibility index (Phi) is 16.4. The van der Waals surface area contributed by atoms with Crippen LogP contribution in [0.1, 0.15) is 84.0 Å². The van der Waals surface area contributed by atoms with Crippen LogP contribution in [0, 0.1) is 0 Å². The third kappa shape index (κ3) is 10.9. The van der Waals surface area contributed by atoms with Crippen LogP contribution in [-0.4, -0.2) is 123 Å². The number of Topliss-reactive ketones (excluding diaryl/α,β-unsaturated/α-hetero) is 1. The lowest BCUT2D eigenvalue weighted by Crippen LogP contribution is -2.64. The first-order valence-corrected chi connectivity index (χ1v) is 14.5. The van der Waals surface area contributed by atoms with Crippen LogP contribution in [0.25, 0.3) is 0 Å². The number of aliphatic hydroxyl groups excluding tert-OH is 7. The normalized spacial score (nSPS) is 35.3. The number of ketones is 1. The lowest BCUT2D eigenvalue weighted by Gasteiger charge is -2.45. The van der Waals surface area contributed by atoms with Gasteiger partial charge >= 0.3 is 0 Å². The van der Waals surface area contributed by atoms with Crippen LogP contribution in [-0.2, 0) is 23.7 Å². The second-order valence-electron chi connectivity index (χ2n) is 10.6. The molecular formula is C27H50O12. The van der Waals surface area contributed by atoms with Crippen molar-refractivity contribution in [1.82, 2.24) is 0 Å². The van der Waals surface area contributed by atoms with Gasteiger partial charge in [-0.1, -0.05) is 51.9 Å².